The van der Waals surface area contributed by atoms with Crippen molar-refractivity contribution in [2.45, 2.75) is 26.7 Å². The molecule has 0 bridgehead atoms. The van der Waals surface area contributed by atoms with Crippen molar-refractivity contribution in [2.75, 3.05) is 6.54 Å². The van der Waals surface area contributed by atoms with E-state index in [1.165, 1.54) is 6.92 Å². The largest absolute Gasteiger partial charge is 0.466 e. The quantitative estimate of drug-likeness (QED) is 0.742. The molecule has 0 unspecified atom stereocenters. The normalized spacial score (nSPS) is 10.0. The molecule has 0 aliphatic carbocycles. The van der Waals surface area contributed by atoms with E-state index in [1.807, 2.05) is 19.1 Å². The van der Waals surface area contributed by atoms with Crippen molar-refractivity contribution in [2.24, 2.45) is 0 Å². The van der Waals surface area contributed by atoms with Gasteiger partial charge in [0.15, 0.2) is 0 Å². The van der Waals surface area contributed by atoms with Crippen LogP contribution in [0.15, 0.2) is 16.5 Å². The fourth-order valence-corrected chi connectivity index (χ4v) is 1.23. The van der Waals surface area contributed by atoms with Crippen LogP contribution in [0.1, 0.15) is 24.9 Å². The van der Waals surface area contributed by atoms with E-state index in [4.69, 9.17) is 4.42 Å². The first-order valence-electron chi connectivity index (χ1n) is 4.89. The van der Waals surface area contributed by atoms with Crippen LogP contribution in [0.4, 0.5) is 0 Å². The average molecular weight is 209 g/mol. The summed E-state index contributed by atoms with van der Waals surface area (Å²) in [5.41, 5.74) is 0. The predicted molar refractivity (Wildman–Crippen MR) is 55.5 cm³/mol. The fourth-order valence-electron chi connectivity index (χ4n) is 1.23. The number of rotatable bonds is 5. The zero-order chi connectivity index (χ0) is 11.3. The molecule has 4 nitrogen and oxygen atoms in total. The van der Waals surface area contributed by atoms with Crippen LogP contribution < -0.4 is 5.32 Å². The molecule has 15 heavy (non-hydrogen) atoms. The maximum absolute atomic E-state index is 11.1. The second-order valence-electron chi connectivity index (χ2n) is 3.49. The van der Waals surface area contributed by atoms with Gasteiger partial charge >= 0.3 is 0 Å². The van der Waals surface area contributed by atoms with Gasteiger partial charge in [-0.25, -0.2) is 0 Å². The van der Waals surface area contributed by atoms with Crippen molar-refractivity contribution in [1.82, 2.24) is 5.32 Å². The zero-order valence-electron chi connectivity index (χ0n) is 9.00. The Morgan fingerprint density at radius 2 is 2.13 bits per heavy atom. The Labute approximate surface area is 88.7 Å². The summed E-state index contributed by atoms with van der Waals surface area (Å²) in [6.07, 6.45) is 0.606. The van der Waals surface area contributed by atoms with E-state index in [-0.39, 0.29) is 18.1 Å². The second-order valence-corrected chi connectivity index (χ2v) is 3.49. The average Bonchev–Trinajstić information content (AvgIpc) is 2.50. The topological polar surface area (TPSA) is 59.3 Å². The highest BCUT2D eigenvalue weighted by Gasteiger charge is 2.04. The van der Waals surface area contributed by atoms with Gasteiger partial charge < -0.3 is 9.73 Å². The van der Waals surface area contributed by atoms with Crippen LogP contribution in [-0.4, -0.2) is 18.2 Å². The molecule has 0 atom stereocenters. The Bertz CT molecular complexity index is 354. The Kier molecular flexibility index (Phi) is 4.09. The van der Waals surface area contributed by atoms with Gasteiger partial charge in [0.25, 0.3) is 0 Å². The van der Waals surface area contributed by atoms with Gasteiger partial charge in [0.1, 0.15) is 17.3 Å². The van der Waals surface area contributed by atoms with E-state index < -0.39 is 0 Å². The number of furan rings is 1. The summed E-state index contributed by atoms with van der Waals surface area (Å²) < 4.78 is 5.33. The summed E-state index contributed by atoms with van der Waals surface area (Å²) in [7, 11) is 0. The van der Waals surface area contributed by atoms with Crippen LogP contribution in [0.2, 0.25) is 0 Å². The number of hydrogen-bond donors (Lipinski definition) is 1. The minimum absolute atomic E-state index is 0.0445. The molecule has 0 spiro atoms. The van der Waals surface area contributed by atoms with E-state index in [1.54, 1.807) is 0 Å². The van der Waals surface area contributed by atoms with Crippen LogP contribution in [0.3, 0.4) is 0 Å². The van der Waals surface area contributed by atoms with Crippen molar-refractivity contribution in [3.63, 3.8) is 0 Å². The van der Waals surface area contributed by atoms with Gasteiger partial charge in [-0.2, -0.15) is 0 Å². The summed E-state index contributed by atoms with van der Waals surface area (Å²) in [4.78, 5) is 21.7. The molecule has 0 aliphatic rings. The van der Waals surface area contributed by atoms with E-state index >= 15 is 0 Å². The number of ketones is 1. The highest BCUT2D eigenvalue weighted by molar-refractivity contribution is 5.96. The number of Topliss-reactive ketones (excluding diaryl/α,β-unsaturated/α-hetero) is 1. The lowest BCUT2D eigenvalue weighted by atomic mass is 10.3. The van der Waals surface area contributed by atoms with Crippen LogP contribution in [0.5, 0.6) is 0 Å². The molecule has 1 N–H and O–H groups in total. The zero-order valence-corrected chi connectivity index (χ0v) is 9.00. The third kappa shape index (κ3) is 4.44. The summed E-state index contributed by atoms with van der Waals surface area (Å²) >= 11 is 0. The molecule has 1 heterocycles. The molecule has 0 saturated heterocycles. The fraction of sp³-hybridized carbons (Fsp3) is 0.455. The van der Waals surface area contributed by atoms with Gasteiger partial charge in [0.05, 0.1) is 6.42 Å². The monoisotopic (exact) mass is 209 g/mol. The first kappa shape index (κ1) is 11.5. The molecule has 82 valence electrons. The smallest absolute Gasteiger partial charge is 0.227 e. The molecule has 1 rings (SSSR count). The van der Waals surface area contributed by atoms with E-state index in [0.29, 0.717) is 13.0 Å². The Balaban J connectivity index is 2.22. The van der Waals surface area contributed by atoms with E-state index in [0.717, 1.165) is 11.5 Å². The van der Waals surface area contributed by atoms with E-state index in [2.05, 4.69) is 5.32 Å². The molecule has 0 radical (unpaired) electrons. The molecule has 0 aliphatic heterocycles. The SMILES string of the molecule is CC(=O)CC(=O)NCCc1ccc(C)o1. The van der Waals surface area contributed by atoms with Gasteiger partial charge in [0, 0.05) is 13.0 Å². The molecule has 0 fully saturated rings. The lowest BCUT2D eigenvalue weighted by Gasteiger charge is -2.01. The maximum Gasteiger partial charge on any atom is 0.227 e. The number of carbonyl (C=O) groups is 2. The van der Waals surface area contributed by atoms with Crippen molar-refractivity contribution in [3.05, 3.63) is 23.7 Å². The van der Waals surface area contributed by atoms with Gasteiger partial charge in [0.2, 0.25) is 5.91 Å². The number of nitrogens with one attached hydrogen (secondary N) is 1. The first-order valence-corrected chi connectivity index (χ1v) is 4.89. The summed E-state index contributed by atoms with van der Waals surface area (Å²) in [5.74, 6) is 1.35. The summed E-state index contributed by atoms with van der Waals surface area (Å²) in [5, 5.41) is 2.65. The number of aryl methyl sites for hydroxylation is 1. The highest BCUT2D eigenvalue weighted by Crippen LogP contribution is 2.05. The minimum atomic E-state index is -0.231. The molecule has 4 heteroatoms. The molecular weight excluding hydrogens is 194 g/mol. The van der Waals surface area contributed by atoms with Crippen LogP contribution in [0.25, 0.3) is 0 Å². The van der Waals surface area contributed by atoms with E-state index in [9.17, 15) is 9.59 Å². The summed E-state index contributed by atoms with van der Waals surface area (Å²) in [6.45, 7) is 3.77. The van der Waals surface area contributed by atoms with Gasteiger partial charge in [-0.15, -0.1) is 0 Å². The first-order chi connectivity index (χ1) is 7.08. The maximum atomic E-state index is 11.1. The van der Waals surface area contributed by atoms with Crippen molar-refractivity contribution in [3.8, 4) is 0 Å². The Morgan fingerprint density at radius 1 is 1.40 bits per heavy atom. The highest BCUT2D eigenvalue weighted by atomic mass is 16.3. The predicted octanol–water partition coefficient (Wildman–Crippen LogP) is 1.23. The minimum Gasteiger partial charge on any atom is -0.466 e. The van der Waals surface area contributed by atoms with Crippen LogP contribution in [-0.2, 0) is 16.0 Å². The van der Waals surface area contributed by atoms with Gasteiger partial charge in [-0.3, -0.25) is 9.59 Å². The van der Waals surface area contributed by atoms with Crippen molar-refractivity contribution in [1.29, 1.82) is 0 Å². The number of hydrogen-bond acceptors (Lipinski definition) is 3. The second kappa shape index (κ2) is 5.34. The molecule has 0 aromatic carbocycles. The van der Waals surface area contributed by atoms with Crippen molar-refractivity contribution >= 4 is 11.7 Å². The molecule has 1 aromatic heterocycles. The Morgan fingerprint density at radius 3 is 2.67 bits per heavy atom. The summed E-state index contributed by atoms with van der Waals surface area (Å²) in [6, 6.07) is 3.76. The number of carbonyl (C=O) groups excluding carboxylic acids is 2. The molecular formula is C11H15NO3. The third-order valence-corrected chi connectivity index (χ3v) is 1.90. The molecule has 0 saturated carbocycles. The van der Waals surface area contributed by atoms with Crippen molar-refractivity contribution < 1.29 is 14.0 Å². The third-order valence-electron chi connectivity index (χ3n) is 1.90. The van der Waals surface area contributed by atoms with Crippen LogP contribution >= 0.6 is 0 Å². The lowest BCUT2D eigenvalue weighted by Crippen LogP contribution is -2.26. The molecule has 1 amide bonds. The molecule has 1 aromatic rings. The van der Waals surface area contributed by atoms with Gasteiger partial charge in [-0.05, 0) is 26.0 Å². The van der Waals surface area contributed by atoms with Crippen LogP contribution in [0, 0.1) is 6.92 Å². The van der Waals surface area contributed by atoms with Gasteiger partial charge in [-0.1, -0.05) is 0 Å². The lowest BCUT2D eigenvalue weighted by molar-refractivity contribution is -0.127. The Hall–Kier alpha value is -1.58. The standard InChI is InChI=1S/C11H15NO3/c1-8(13)7-11(14)12-6-5-10-4-3-9(2)15-10/h3-4H,5-7H2,1-2H3,(H,12,14). The number of amides is 1.